The molecule has 1 amide bonds. The second-order valence-corrected chi connectivity index (χ2v) is 6.52. The summed E-state index contributed by atoms with van der Waals surface area (Å²) in [4.78, 5) is 11.8. The number of carbonyl (C=O) groups excluding carboxylic acids is 1. The molecule has 4 nitrogen and oxygen atoms in total. The van der Waals surface area contributed by atoms with Crippen LogP contribution >= 0.6 is 0 Å². The zero-order valence-electron chi connectivity index (χ0n) is 13.4. The van der Waals surface area contributed by atoms with Crippen LogP contribution in [0, 0.1) is 0 Å². The van der Waals surface area contributed by atoms with Crippen molar-refractivity contribution in [2.75, 3.05) is 19.7 Å². The zero-order chi connectivity index (χ0) is 14.8. The van der Waals surface area contributed by atoms with Crippen LogP contribution in [0.5, 0.6) is 0 Å². The van der Waals surface area contributed by atoms with Gasteiger partial charge in [0.2, 0.25) is 5.91 Å². The summed E-state index contributed by atoms with van der Waals surface area (Å²) in [5.41, 5.74) is 0. The lowest BCUT2D eigenvalue weighted by Crippen LogP contribution is -2.37. The Hall–Kier alpha value is -0.610. The Morgan fingerprint density at radius 2 is 1.71 bits per heavy atom. The highest BCUT2D eigenvalue weighted by Gasteiger charge is 2.15. The molecule has 0 spiro atoms. The molecule has 2 fully saturated rings. The molecular weight excluding hydrogens is 264 g/mol. The SMILES string of the molecule is O=C(CCC1CCCCO1)NCCNC1CCCCCC1. The summed E-state index contributed by atoms with van der Waals surface area (Å²) in [7, 11) is 0. The van der Waals surface area contributed by atoms with Gasteiger partial charge in [-0.3, -0.25) is 4.79 Å². The van der Waals surface area contributed by atoms with Gasteiger partial charge in [-0.1, -0.05) is 25.7 Å². The Bertz CT molecular complexity index is 283. The molecule has 1 saturated carbocycles. The molecule has 2 aliphatic rings. The molecule has 0 aromatic carbocycles. The molecule has 122 valence electrons. The standard InChI is InChI=1S/C17H32N2O2/c20-17(11-10-16-9-5-6-14-21-16)19-13-12-18-15-7-3-1-2-4-8-15/h15-16,18H,1-14H2,(H,19,20). The average Bonchev–Trinajstić information content (AvgIpc) is 2.79. The predicted octanol–water partition coefficient (Wildman–Crippen LogP) is 2.76. The first kappa shape index (κ1) is 16.8. The van der Waals surface area contributed by atoms with Crippen LogP contribution in [-0.4, -0.2) is 37.7 Å². The number of ether oxygens (including phenoxy) is 1. The van der Waals surface area contributed by atoms with Gasteiger partial charge < -0.3 is 15.4 Å². The van der Waals surface area contributed by atoms with Gasteiger partial charge in [-0.05, 0) is 38.5 Å². The maximum atomic E-state index is 11.8. The van der Waals surface area contributed by atoms with Crippen LogP contribution in [0.4, 0.5) is 0 Å². The van der Waals surface area contributed by atoms with E-state index in [4.69, 9.17) is 4.74 Å². The number of hydrogen-bond acceptors (Lipinski definition) is 3. The molecule has 0 aromatic rings. The number of hydrogen-bond donors (Lipinski definition) is 2. The molecule has 0 aromatic heterocycles. The Kier molecular flexibility index (Phi) is 8.12. The Morgan fingerprint density at radius 3 is 2.43 bits per heavy atom. The molecule has 4 heteroatoms. The maximum absolute atomic E-state index is 11.8. The normalized spacial score (nSPS) is 24.5. The van der Waals surface area contributed by atoms with Crippen LogP contribution in [0.1, 0.15) is 70.6 Å². The van der Waals surface area contributed by atoms with E-state index >= 15 is 0 Å². The van der Waals surface area contributed by atoms with Crippen molar-refractivity contribution in [3.8, 4) is 0 Å². The van der Waals surface area contributed by atoms with E-state index in [9.17, 15) is 4.79 Å². The Balaban J connectivity index is 1.46. The Labute approximate surface area is 129 Å². The van der Waals surface area contributed by atoms with E-state index in [0.29, 0.717) is 18.6 Å². The first-order chi connectivity index (χ1) is 10.3. The van der Waals surface area contributed by atoms with Gasteiger partial charge in [0.05, 0.1) is 6.10 Å². The molecule has 2 rings (SSSR count). The summed E-state index contributed by atoms with van der Waals surface area (Å²) in [6.07, 6.45) is 13.4. The summed E-state index contributed by atoms with van der Waals surface area (Å²) < 4.78 is 5.65. The third-order valence-corrected chi connectivity index (χ3v) is 4.70. The minimum atomic E-state index is 0.173. The monoisotopic (exact) mass is 296 g/mol. The van der Waals surface area contributed by atoms with Gasteiger partial charge in [-0.25, -0.2) is 0 Å². The highest BCUT2D eigenvalue weighted by Crippen LogP contribution is 2.17. The van der Waals surface area contributed by atoms with E-state index in [1.54, 1.807) is 0 Å². The molecule has 1 aliphatic carbocycles. The van der Waals surface area contributed by atoms with Crippen molar-refractivity contribution in [3.05, 3.63) is 0 Å². The topological polar surface area (TPSA) is 50.4 Å². The summed E-state index contributed by atoms with van der Waals surface area (Å²) in [5.74, 6) is 0.173. The second-order valence-electron chi connectivity index (χ2n) is 6.52. The van der Waals surface area contributed by atoms with Crippen LogP contribution < -0.4 is 10.6 Å². The van der Waals surface area contributed by atoms with Gasteiger partial charge in [-0.15, -0.1) is 0 Å². The van der Waals surface area contributed by atoms with Crippen LogP contribution in [0.25, 0.3) is 0 Å². The lowest BCUT2D eigenvalue weighted by Gasteiger charge is -2.22. The van der Waals surface area contributed by atoms with E-state index < -0.39 is 0 Å². The average molecular weight is 296 g/mol. The van der Waals surface area contributed by atoms with E-state index in [1.807, 2.05) is 0 Å². The van der Waals surface area contributed by atoms with Crippen molar-refractivity contribution >= 4 is 5.91 Å². The van der Waals surface area contributed by atoms with Crippen molar-refractivity contribution in [1.29, 1.82) is 0 Å². The summed E-state index contributed by atoms with van der Waals surface area (Å²) in [6, 6.07) is 0.667. The van der Waals surface area contributed by atoms with Crippen molar-refractivity contribution < 1.29 is 9.53 Å². The van der Waals surface area contributed by atoms with Gasteiger partial charge in [0.15, 0.2) is 0 Å². The third-order valence-electron chi connectivity index (χ3n) is 4.70. The van der Waals surface area contributed by atoms with Gasteiger partial charge in [0.25, 0.3) is 0 Å². The van der Waals surface area contributed by atoms with Crippen LogP contribution in [0.15, 0.2) is 0 Å². The van der Waals surface area contributed by atoms with E-state index in [2.05, 4.69) is 10.6 Å². The van der Waals surface area contributed by atoms with Gasteiger partial charge in [0.1, 0.15) is 0 Å². The highest BCUT2D eigenvalue weighted by molar-refractivity contribution is 5.75. The van der Waals surface area contributed by atoms with E-state index in [0.717, 1.165) is 32.5 Å². The van der Waals surface area contributed by atoms with Crippen LogP contribution in [-0.2, 0) is 9.53 Å². The molecule has 0 bridgehead atoms. The molecule has 21 heavy (non-hydrogen) atoms. The second kappa shape index (κ2) is 10.2. The summed E-state index contributed by atoms with van der Waals surface area (Å²) in [5, 5.41) is 6.60. The number of nitrogens with one attached hydrogen (secondary N) is 2. The molecule has 0 radical (unpaired) electrons. The fraction of sp³-hybridized carbons (Fsp3) is 0.941. The summed E-state index contributed by atoms with van der Waals surface area (Å²) in [6.45, 7) is 2.52. The lowest BCUT2D eigenvalue weighted by atomic mass is 10.0. The predicted molar refractivity (Wildman–Crippen MR) is 85.3 cm³/mol. The first-order valence-electron chi connectivity index (χ1n) is 8.96. The molecule has 1 saturated heterocycles. The Morgan fingerprint density at radius 1 is 0.952 bits per heavy atom. The molecule has 2 N–H and O–H groups in total. The molecular formula is C17H32N2O2. The van der Waals surface area contributed by atoms with Crippen molar-refractivity contribution in [2.45, 2.75) is 82.8 Å². The fourth-order valence-corrected chi connectivity index (χ4v) is 3.38. The largest absolute Gasteiger partial charge is 0.378 e. The zero-order valence-corrected chi connectivity index (χ0v) is 13.4. The molecule has 1 atom stereocenters. The van der Waals surface area contributed by atoms with Gasteiger partial charge in [-0.2, -0.15) is 0 Å². The number of amides is 1. The molecule has 1 aliphatic heterocycles. The van der Waals surface area contributed by atoms with Crippen LogP contribution in [0.3, 0.4) is 0 Å². The minimum absolute atomic E-state index is 0.173. The van der Waals surface area contributed by atoms with Crippen LogP contribution in [0.2, 0.25) is 0 Å². The number of carbonyl (C=O) groups is 1. The lowest BCUT2D eigenvalue weighted by molar-refractivity contribution is -0.122. The quantitative estimate of drug-likeness (QED) is 0.561. The number of rotatable bonds is 7. The third kappa shape index (κ3) is 7.28. The van der Waals surface area contributed by atoms with Crippen molar-refractivity contribution in [2.24, 2.45) is 0 Å². The van der Waals surface area contributed by atoms with Crippen molar-refractivity contribution in [3.63, 3.8) is 0 Å². The van der Waals surface area contributed by atoms with E-state index in [1.165, 1.54) is 51.4 Å². The minimum Gasteiger partial charge on any atom is -0.378 e. The highest BCUT2D eigenvalue weighted by atomic mass is 16.5. The van der Waals surface area contributed by atoms with Gasteiger partial charge >= 0.3 is 0 Å². The molecule has 1 unspecified atom stereocenters. The molecule has 1 heterocycles. The van der Waals surface area contributed by atoms with Crippen molar-refractivity contribution in [1.82, 2.24) is 10.6 Å². The first-order valence-corrected chi connectivity index (χ1v) is 8.96. The van der Waals surface area contributed by atoms with Gasteiger partial charge in [0, 0.05) is 32.2 Å². The maximum Gasteiger partial charge on any atom is 0.220 e. The smallest absolute Gasteiger partial charge is 0.220 e. The summed E-state index contributed by atoms with van der Waals surface area (Å²) >= 11 is 0. The van der Waals surface area contributed by atoms with E-state index in [-0.39, 0.29) is 5.91 Å². The fourth-order valence-electron chi connectivity index (χ4n) is 3.38.